The third-order valence-corrected chi connectivity index (χ3v) is 2.99. The molecule has 20 heavy (non-hydrogen) atoms. The zero-order chi connectivity index (χ0) is 15.0. The van der Waals surface area contributed by atoms with E-state index < -0.39 is 0 Å². The van der Waals surface area contributed by atoms with Crippen molar-refractivity contribution in [3.8, 4) is 6.07 Å². The van der Waals surface area contributed by atoms with Crippen LogP contribution < -0.4 is 10.6 Å². The molecule has 0 aliphatic rings. The molecular formula is C14H23N5O. The molecule has 3 N–H and O–H groups in total. The maximum atomic E-state index is 9.32. The van der Waals surface area contributed by atoms with Gasteiger partial charge in [-0.1, -0.05) is 13.8 Å². The Morgan fingerprint density at radius 2 is 2.00 bits per heavy atom. The number of aryl methyl sites for hydroxylation is 1. The number of aliphatic hydroxyl groups excluding tert-OH is 1. The molecule has 1 aromatic rings. The van der Waals surface area contributed by atoms with Gasteiger partial charge in [0.1, 0.15) is 11.6 Å². The van der Waals surface area contributed by atoms with Crippen molar-refractivity contribution in [1.82, 2.24) is 15.5 Å². The summed E-state index contributed by atoms with van der Waals surface area (Å²) >= 11 is 0. The largest absolute Gasteiger partial charge is 0.392 e. The lowest BCUT2D eigenvalue weighted by atomic mass is 10.0. The second-order valence-corrected chi connectivity index (χ2v) is 4.65. The first-order valence-electron chi connectivity index (χ1n) is 7.05. The molecule has 6 heteroatoms. The molecule has 0 aliphatic heterocycles. The summed E-state index contributed by atoms with van der Waals surface area (Å²) in [4.78, 5) is 0. The average Bonchev–Trinajstić information content (AvgIpc) is 2.45. The number of hydrogen-bond donors (Lipinski definition) is 3. The first-order valence-corrected chi connectivity index (χ1v) is 7.05. The predicted molar refractivity (Wildman–Crippen MR) is 78.5 cm³/mol. The number of aliphatic hydroxyl groups is 1. The van der Waals surface area contributed by atoms with Crippen LogP contribution in [-0.2, 0) is 12.8 Å². The van der Waals surface area contributed by atoms with Gasteiger partial charge in [0.25, 0.3) is 0 Å². The van der Waals surface area contributed by atoms with Crippen molar-refractivity contribution >= 4 is 5.82 Å². The summed E-state index contributed by atoms with van der Waals surface area (Å²) in [6, 6.07) is 2.22. The van der Waals surface area contributed by atoms with Crippen LogP contribution >= 0.6 is 0 Å². The Bertz CT molecular complexity index is 467. The zero-order valence-electron chi connectivity index (χ0n) is 12.4. The van der Waals surface area contributed by atoms with Crippen LogP contribution in [0, 0.1) is 11.3 Å². The minimum atomic E-state index is -0.361. The Labute approximate surface area is 120 Å². The van der Waals surface area contributed by atoms with Crippen LogP contribution in [0.4, 0.5) is 5.82 Å². The fraction of sp³-hybridized carbons (Fsp3) is 0.643. The predicted octanol–water partition coefficient (Wildman–Crippen LogP) is 0.855. The van der Waals surface area contributed by atoms with Gasteiger partial charge in [-0.05, 0) is 25.3 Å². The third-order valence-electron chi connectivity index (χ3n) is 2.99. The van der Waals surface area contributed by atoms with Crippen molar-refractivity contribution in [2.24, 2.45) is 0 Å². The normalized spacial score (nSPS) is 11.9. The summed E-state index contributed by atoms with van der Waals surface area (Å²) in [7, 11) is 0. The lowest BCUT2D eigenvalue weighted by molar-refractivity contribution is 0.192. The van der Waals surface area contributed by atoms with E-state index in [-0.39, 0.29) is 6.10 Å². The molecule has 110 valence electrons. The second kappa shape index (κ2) is 8.46. The molecule has 0 aliphatic carbocycles. The van der Waals surface area contributed by atoms with Gasteiger partial charge in [-0.15, -0.1) is 5.10 Å². The van der Waals surface area contributed by atoms with Gasteiger partial charge in [0.15, 0.2) is 5.82 Å². The smallest absolute Gasteiger partial charge is 0.166 e. The van der Waals surface area contributed by atoms with E-state index in [1.54, 1.807) is 6.92 Å². The zero-order valence-corrected chi connectivity index (χ0v) is 12.4. The molecule has 1 aromatic heterocycles. The van der Waals surface area contributed by atoms with E-state index in [0.717, 1.165) is 24.1 Å². The molecule has 1 heterocycles. The van der Waals surface area contributed by atoms with Gasteiger partial charge < -0.3 is 15.7 Å². The van der Waals surface area contributed by atoms with Crippen LogP contribution in [0.25, 0.3) is 0 Å². The highest BCUT2D eigenvalue weighted by atomic mass is 16.3. The molecule has 0 amide bonds. The van der Waals surface area contributed by atoms with Crippen LogP contribution in [0.3, 0.4) is 0 Å². The van der Waals surface area contributed by atoms with Crippen molar-refractivity contribution in [2.75, 3.05) is 25.0 Å². The Kier molecular flexibility index (Phi) is 6.91. The molecule has 0 saturated carbocycles. The SMILES string of the molecule is CCc1nnc(NCCNCC(C)O)c(C#N)c1CC. The van der Waals surface area contributed by atoms with Gasteiger partial charge in [0.05, 0.1) is 11.8 Å². The molecule has 1 rings (SSSR count). The van der Waals surface area contributed by atoms with Gasteiger partial charge >= 0.3 is 0 Å². The molecule has 0 saturated heterocycles. The number of rotatable bonds is 8. The number of nitriles is 1. The van der Waals surface area contributed by atoms with Gasteiger partial charge in [-0.2, -0.15) is 10.4 Å². The van der Waals surface area contributed by atoms with Crippen LogP contribution in [0.2, 0.25) is 0 Å². The average molecular weight is 277 g/mol. The Morgan fingerprint density at radius 1 is 1.25 bits per heavy atom. The fourth-order valence-electron chi connectivity index (χ4n) is 2.00. The van der Waals surface area contributed by atoms with Gasteiger partial charge in [-0.25, -0.2) is 0 Å². The first-order chi connectivity index (χ1) is 9.63. The van der Waals surface area contributed by atoms with Crippen molar-refractivity contribution in [1.29, 1.82) is 5.26 Å². The summed E-state index contributed by atoms with van der Waals surface area (Å²) in [6.07, 6.45) is 1.19. The van der Waals surface area contributed by atoms with E-state index in [9.17, 15) is 5.26 Å². The van der Waals surface area contributed by atoms with Crippen molar-refractivity contribution in [3.05, 3.63) is 16.8 Å². The molecule has 1 unspecified atom stereocenters. The quantitative estimate of drug-likeness (QED) is 0.610. The van der Waals surface area contributed by atoms with E-state index in [1.165, 1.54) is 0 Å². The lowest BCUT2D eigenvalue weighted by Gasteiger charge is -2.12. The molecule has 0 aromatic carbocycles. The highest BCUT2D eigenvalue weighted by Crippen LogP contribution is 2.19. The van der Waals surface area contributed by atoms with Crippen LogP contribution in [0.1, 0.15) is 37.6 Å². The molecule has 0 spiro atoms. The molecule has 0 bridgehead atoms. The Balaban J connectivity index is 2.69. The highest BCUT2D eigenvalue weighted by Gasteiger charge is 2.13. The molecule has 0 fully saturated rings. The maximum Gasteiger partial charge on any atom is 0.166 e. The van der Waals surface area contributed by atoms with E-state index in [4.69, 9.17) is 5.11 Å². The summed E-state index contributed by atoms with van der Waals surface area (Å²) < 4.78 is 0. The number of anilines is 1. The highest BCUT2D eigenvalue weighted by molar-refractivity contribution is 5.56. The Hall–Kier alpha value is -1.71. The van der Waals surface area contributed by atoms with Crippen LogP contribution in [-0.4, -0.2) is 41.0 Å². The summed E-state index contributed by atoms with van der Waals surface area (Å²) in [5, 5.41) is 33.0. The number of nitrogens with zero attached hydrogens (tertiary/aromatic N) is 3. The van der Waals surface area contributed by atoms with Crippen molar-refractivity contribution < 1.29 is 5.11 Å². The van der Waals surface area contributed by atoms with Gasteiger partial charge in [0, 0.05) is 19.6 Å². The minimum Gasteiger partial charge on any atom is -0.392 e. The van der Waals surface area contributed by atoms with Gasteiger partial charge in [-0.3, -0.25) is 0 Å². The molecule has 6 nitrogen and oxygen atoms in total. The monoisotopic (exact) mass is 277 g/mol. The topological polar surface area (TPSA) is 93.9 Å². The van der Waals surface area contributed by atoms with Crippen LogP contribution in [0.15, 0.2) is 0 Å². The number of hydrogen-bond acceptors (Lipinski definition) is 6. The molecule has 1 atom stereocenters. The fourth-order valence-corrected chi connectivity index (χ4v) is 2.00. The minimum absolute atomic E-state index is 0.361. The van der Waals surface area contributed by atoms with E-state index in [0.29, 0.717) is 31.0 Å². The standard InChI is InChI=1S/C14H23N5O/c1-4-11-12(8-15)14(19-18-13(11)5-2)17-7-6-16-9-10(3)20/h10,16,20H,4-7,9H2,1-3H3,(H,17,19). The second-order valence-electron chi connectivity index (χ2n) is 4.65. The summed E-state index contributed by atoms with van der Waals surface area (Å²) in [5.41, 5.74) is 2.46. The summed E-state index contributed by atoms with van der Waals surface area (Å²) in [6.45, 7) is 7.63. The maximum absolute atomic E-state index is 9.32. The van der Waals surface area contributed by atoms with E-state index in [2.05, 4.69) is 26.9 Å². The van der Waals surface area contributed by atoms with Crippen molar-refractivity contribution in [3.63, 3.8) is 0 Å². The number of aromatic nitrogens is 2. The van der Waals surface area contributed by atoms with Crippen LogP contribution in [0.5, 0.6) is 0 Å². The lowest BCUT2D eigenvalue weighted by Crippen LogP contribution is -2.29. The van der Waals surface area contributed by atoms with Crippen molar-refractivity contribution in [2.45, 2.75) is 39.7 Å². The van der Waals surface area contributed by atoms with E-state index >= 15 is 0 Å². The van der Waals surface area contributed by atoms with E-state index in [1.807, 2.05) is 13.8 Å². The molecular weight excluding hydrogens is 254 g/mol. The first kappa shape index (κ1) is 16.3. The third kappa shape index (κ3) is 4.44. The summed E-state index contributed by atoms with van der Waals surface area (Å²) in [5.74, 6) is 0.542. The number of nitrogens with one attached hydrogen (secondary N) is 2. The van der Waals surface area contributed by atoms with Gasteiger partial charge in [0.2, 0.25) is 0 Å². The molecule has 0 radical (unpaired) electrons. The Morgan fingerprint density at radius 3 is 2.55 bits per heavy atom.